The number of carbonyl (C=O) groups excluding carboxylic acids is 1. The second-order valence-corrected chi connectivity index (χ2v) is 10.8. The molecule has 2 aromatic carbocycles. The van der Waals surface area contributed by atoms with Crippen molar-refractivity contribution in [3.63, 3.8) is 0 Å². The molecular weight excluding hydrogens is 471 g/mol. The van der Waals surface area contributed by atoms with Crippen LogP contribution in [-0.2, 0) is 14.8 Å². The zero-order valence-electron chi connectivity index (χ0n) is 18.6. The molecule has 174 valence electrons. The van der Waals surface area contributed by atoms with Crippen LogP contribution in [0.15, 0.2) is 42.5 Å². The van der Waals surface area contributed by atoms with Gasteiger partial charge in [0.2, 0.25) is 15.9 Å². The Kier molecular flexibility index (Phi) is 7.32. The van der Waals surface area contributed by atoms with E-state index in [0.29, 0.717) is 11.4 Å². The third kappa shape index (κ3) is 5.00. The van der Waals surface area contributed by atoms with Crippen LogP contribution in [0.4, 0.5) is 5.69 Å². The van der Waals surface area contributed by atoms with Gasteiger partial charge in [-0.1, -0.05) is 55.2 Å². The van der Waals surface area contributed by atoms with Gasteiger partial charge in [0.15, 0.2) is 0 Å². The monoisotopic (exact) mass is 498 g/mol. The molecular formula is C23H28Cl2N2O4S. The molecule has 2 unspecified atom stereocenters. The average molecular weight is 499 g/mol. The zero-order chi connectivity index (χ0) is 23.7. The van der Waals surface area contributed by atoms with Gasteiger partial charge in [-0.15, -0.1) is 0 Å². The van der Waals surface area contributed by atoms with Gasteiger partial charge in [0.25, 0.3) is 0 Å². The minimum atomic E-state index is -3.83. The fourth-order valence-corrected chi connectivity index (χ4v) is 5.76. The minimum absolute atomic E-state index is 0.160. The first-order valence-electron chi connectivity index (χ1n) is 10.5. The molecule has 0 bridgehead atoms. The second-order valence-electron chi connectivity index (χ2n) is 8.13. The second kappa shape index (κ2) is 9.49. The molecule has 6 nitrogen and oxygen atoms in total. The Morgan fingerprint density at radius 3 is 2.50 bits per heavy atom. The molecule has 2 atom stereocenters. The Morgan fingerprint density at radius 1 is 1.22 bits per heavy atom. The van der Waals surface area contributed by atoms with Gasteiger partial charge in [-0.25, -0.2) is 8.42 Å². The van der Waals surface area contributed by atoms with Crippen molar-refractivity contribution in [3.8, 4) is 5.75 Å². The number of sulfonamides is 1. The van der Waals surface area contributed by atoms with E-state index in [4.69, 9.17) is 27.9 Å². The van der Waals surface area contributed by atoms with E-state index >= 15 is 0 Å². The van der Waals surface area contributed by atoms with Crippen LogP contribution < -0.4 is 14.4 Å². The van der Waals surface area contributed by atoms with Crippen LogP contribution in [0.3, 0.4) is 0 Å². The molecule has 0 aromatic heterocycles. The van der Waals surface area contributed by atoms with Gasteiger partial charge in [0, 0.05) is 17.0 Å². The van der Waals surface area contributed by atoms with Gasteiger partial charge < -0.3 is 10.1 Å². The van der Waals surface area contributed by atoms with Crippen molar-refractivity contribution in [2.75, 3.05) is 10.6 Å². The maximum atomic E-state index is 13.3. The highest BCUT2D eigenvalue weighted by molar-refractivity contribution is 7.92. The number of carbonyl (C=O) groups is 1. The first-order valence-corrected chi connectivity index (χ1v) is 13.1. The molecule has 3 rings (SSSR count). The number of nitrogens with zero attached hydrogens (tertiary/aromatic N) is 1. The molecule has 0 saturated carbocycles. The highest BCUT2D eigenvalue weighted by Gasteiger charge is 2.40. The van der Waals surface area contributed by atoms with Gasteiger partial charge in [-0.05, 0) is 44.0 Å². The lowest BCUT2D eigenvalue weighted by atomic mass is 9.83. The summed E-state index contributed by atoms with van der Waals surface area (Å²) in [5.74, 6) is 0.299. The van der Waals surface area contributed by atoms with E-state index in [-0.39, 0.29) is 16.8 Å². The van der Waals surface area contributed by atoms with Gasteiger partial charge in [-0.3, -0.25) is 9.10 Å². The predicted molar refractivity (Wildman–Crippen MR) is 129 cm³/mol. The molecule has 1 heterocycles. The molecule has 2 aromatic rings. The Morgan fingerprint density at radius 2 is 1.88 bits per heavy atom. The Bertz CT molecular complexity index is 1100. The van der Waals surface area contributed by atoms with Gasteiger partial charge in [0.05, 0.1) is 23.0 Å². The normalized spacial score (nSPS) is 18.2. The van der Waals surface area contributed by atoms with Crippen LogP contribution in [-0.4, -0.2) is 32.2 Å². The molecule has 0 fully saturated rings. The summed E-state index contributed by atoms with van der Waals surface area (Å²) < 4.78 is 32.6. The minimum Gasteiger partial charge on any atom is -0.487 e. The summed E-state index contributed by atoms with van der Waals surface area (Å²) in [7, 11) is -3.83. The van der Waals surface area contributed by atoms with Crippen LogP contribution >= 0.6 is 23.2 Å². The fraction of sp³-hybridized carbons (Fsp3) is 0.435. The van der Waals surface area contributed by atoms with E-state index in [1.807, 2.05) is 24.3 Å². The van der Waals surface area contributed by atoms with Crippen molar-refractivity contribution >= 4 is 44.8 Å². The number of fused-ring (bicyclic) bond motifs is 1. The van der Waals surface area contributed by atoms with Crippen molar-refractivity contribution < 1.29 is 17.9 Å². The summed E-state index contributed by atoms with van der Waals surface area (Å²) in [6, 6.07) is 10.8. The van der Waals surface area contributed by atoms with Crippen LogP contribution in [0, 0.1) is 0 Å². The van der Waals surface area contributed by atoms with Crippen molar-refractivity contribution in [1.82, 2.24) is 5.32 Å². The van der Waals surface area contributed by atoms with Crippen molar-refractivity contribution in [2.45, 2.75) is 57.7 Å². The maximum absolute atomic E-state index is 13.3. The molecule has 1 aliphatic rings. The van der Waals surface area contributed by atoms with Gasteiger partial charge in [0.1, 0.15) is 17.4 Å². The molecule has 9 heteroatoms. The fourth-order valence-electron chi connectivity index (χ4n) is 4.16. The summed E-state index contributed by atoms with van der Waals surface area (Å²) in [5, 5.41) is 3.56. The number of nitrogens with one attached hydrogen (secondary N) is 1. The van der Waals surface area contributed by atoms with Gasteiger partial charge >= 0.3 is 0 Å². The lowest BCUT2D eigenvalue weighted by Gasteiger charge is -2.42. The van der Waals surface area contributed by atoms with E-state index in [1.54, 1.807) is 6.07 Å². The molecule has 0 radical (unpaired) electrons. The summed E-state index contributed by atoms with van der Waals surface area (Å²) in [4.78, 5) is 13.3. The number of anilines is 1. The van der Waals surface area contributed by atoms with Crippen LogP contribution in [0.1, 0.15) is 51.6 Å². The van der Waals surface area contributed by atoms with Gasteiger partial charge in [-0.2, -0.15) is 0 Å². The number of hydrogen-bond acceptors (Lipinski definition) is 4. The lowest BCUT2D eigenvalue weighted by Crippen LogP contribution is -2.51. The first-order chi connectivity index (χ1) is 15.0. The smallest absolute Gasteiger partial charge is 0.244 e. The number of hydrogen-bond donors (Lipinski definition) is 1. The van der Waals surface area contributed by atoms with E-state index in [0.717, 1.165) is 34.7 Å². The lowest BCUT2D eigenvalue weighted by molar-refractivity contribution is -0.123. The molecule has 0 aliphatic carbocycles. The van der Waals surface area contributed by atoms with E-state index in [1.165, 1.54) is 19.1 Å². The summed E-state index contributed by atoms with van der Waals surface area (Å²) >= 11 is 12.3. The Labute approximate surface area is 199 Å². The quantitative estimate of drug-likeness (QED) is 0.558. The number of para-hydroxylation sites is 1. The molecule has 1 aliphatic heterocycles. The highest BCUT2D eigenvalue weighted by Crippen LogP contribution is 2.43. The molecule has 0 spiro atoms. The summed E-state index contributed by atoms with van der Waals surface area (Å²) in [6.07, 6.45) is 3.20. The van der Waals surface area contributed by atoms with Crippen molar-refractivity contribution in [3.05, 3.63) is 58.1 Å². The third-order valence-electron chi connectivity index (χ3n) is 6.04. The van der Waals surface area contributed by atoms with Crippen molar-refractivity contribution in [2.24, 2.45) is 0 Å². The van der Waals surface area contributed by atoms with Crippen molar-refractivity contribution in [1.29, 1.82) is 0 Å². The van der Waals surface area contributed by atoms with E-state index < -0.39 is 27.6 Å². The molecule has 1 N–H and O–H groups in total. The predicted octanol–water partition coefficient (Wildman–Crippen LogP) is 5.35. The number of benzene rings is 2. The van der Waals surface area contributed by atoms with E-state index in [9.17, 15) is 13.2 Å². The number of amides is 1. The van der Waals surface area contributed by atoms with E-state index in [2.05, 4.69) is 19.2 Å². The summed E-state index contributed by atoms with van der Waals surface area (Å²) in [6.45, 7) is 5.66. The largest absolute Gasteiger partial charge is 0.487 e. The SMILES string of the molecule is CCC1(CC)CC(NC(=O)C(C)N(c2cc(Cl)ccc2Cl)S(C)(=O)=O)c2ccccc2O1. The molecule has 0 saturated heterocycles. The third-order valence-corrected chi connectivity index (χ3v) is 7.82. The maximum Gasteiger partial charge on any atom is 0.244 e. The number of rotatable bonds is 7. The summed E-state index contributed by atoms with van der Waals surface area (Å²) in [5.41, 5.74) is 0.632. The number of ether oxygens (including phenoxy) is 1. The zero-order valence-corrected chi connectivity index (χ0v) is 20.9. The molecule has 1 amide bonds. The van der Waals surface area contributed by atoms with Crippen LogP contribution in [0.5, 0.6) is 5.75 Å². The standard InChI is InChI=1S/C23H28Cl2N2O4S/c1-5-23(6-2)14-19(17-9-7-8-10-21(17)31-23)26-22(28)15(3)27(32(4,29)30)20-13-16(24)11-12-18(20)25/h7-13,15,19H,5-6,14H2,1-4H3,(H,26,28). The topological polar surface area (TPSA) is 75.7 Å². The van der Waals surface area contributed by atoms with Crippen LogP contribution in [0.2, 0.25) is 10.0 Å². The average Bonchev–Trinajstić information content (AvgIpc) is 2.75. The Hall–Kier alpha value is -1.96. The van der Waals surface area contributed by atoms with Crippen LogP contribution in [0.25, 0.3) is 0 Å². The Balaban J connectivity index is 1.95. The molecule has 32 heavy (non-hydrogen) atoms. The first kappa shape index (κ1) is 24.7. The number of halogens is 2. The highest BCUT2D eigenvalue weighted by atomic mass is 35.5.